The molecule has 40 heavy (non-hydrogen) atoms. The average Bonchev–Trinajstić information content (AvgIpc) is 3.24. The summed E-state index contributed by atoms with van der Waals surface area (Å²) in [5.74, 6) is 2.09. The van der Waals surface area contributed by atoms with Crippen molar-refractivity contribution in [1.82, 2.24) is 9.55 Å². The van der Waals surface area contributed by atoms with E-state index in [2.05, 4.69) is 75.7 Å². The monoisotopic (exact) mass is 583 g/mol. The first kappa shape index (κ1) is 29.9. The van der Waals surface area contributed by atoms with Gasteiger partial charge in [-0.05, 0) is 86.2 Å². The topological polar surface area (TPSA) is 57.5 Å². The standard InChI is InChI=1S/C32H53N3O3Si2/c1-31(2,3)40(8,9)38-32-18-23-16-25(19-32)28(26(17-23)20-32)34-29-24(11-13-36-4)21-33-30-27(29)10-12-35(30)22-37-14-15-39(5,6)7/h10-13,21,23,25-26,28H,14-20,22H2,1-9H3,(H,33,34)/b13-11-/t23?,25-,26+,28?,32?. The second-order valence-corrected chi connectivity index (χ2v) is 26.0. The summed E-state index contributed by atoms with van der Waals surface area (Å²) in [7, 11) is -1.25. The summed E-state index contributed by atoms with van der Waals surface area (Å²) in [6.45, 7) is 20.5. The van der Waals surface area contributed by atoms with Crippen LogP contribution in [0.4, 0.5) is 5.69 Å². The van der Waals surface area contributed by atoms with E-state index in [1.165, 1.54) is 43.8 Å². The molecule has 8 heteroatoms. The molecular weight excluding hydrogens is 531 g/mol. The third kappa shape index (κ3) is 6.10. The number of rotatable bonds is 11. The lowest BCUT2D eigenvalue weighted by Gasteiger charge is -2.62. The predicted octanol–water partition coefficient (Wildman–Crippen LogP) is 8.35. The Bertz CT molecular complexity index is 1210. The Hall–Kier alpha value is -1.62. The number of methoxy groups -OCH3 is 1. The normalized spacial score (nSPS) is 28.6. The molecule has 0 spiro atoms. The molecular formula is C32H53N3O3Si2. The predicted molar refractivity (Wildman–Crippen MR) is 172 cm³/mol. The molecule has 4 saturated carbocycles. The molecule has 1 N–H and O–H groups in total. The zero-order chi connectivity index (χ0) is 28.9. The Balaban J connectivity index is 1.39. The van der Waals surface area contributed by atoms with Gasteiger partial charge < -0.3 is 23.8 Å². The van der Waals surface area contributed by atoms with Gasteiger partial charge in [0, 0.05) is 44.1 Å². The molecule has 4 bridgehead atoms. The largest absolute Gasteiger partial charge is 0.504 e. The summed E-state index contributed by atoms with van der Waals surface area (Å²) in [5, 5.41) is 5.52. The Kier molecular flexibility index (Phi) is 8.14. The van der Waals surface area contributed by atoms with E-state index in [1.54, 1.807) is 13.4 Å². The van der Waals surface area contributed by atoms with E-state index < -0.39 is 16.4 Å². The molecule has 3 unspecified atom stereocenters. The van der Waals surface area contributed by atoms with Gasteiger partial charge in [0.25, 0.3) is 0 Å². The highest BCUT2D eigenvalue weighted by atomic mass is 28.4. The zero-order valence-electron chi connectivity index (χ0n) is 26.5. The van der Waals surface area contributed by atoms with E-state index >= 15 is 0 Å². The van der Waals surface area contributed by atoms with Crippen molar-refractivity contribution >= 4 is 39.2 Å². The zero-order valence-corrected chi connectivity index (χ0v) is 28.5. The number of aromatic nitrogens is 2. The summed E-state index contributed by atoms with van der Waals surface area (Å²) >= 11 is 0. The number of anilines is 1. The number of hydrogen-bond donors (Lipinski definition) is 1. The van der Waals surface area contributed by atoms with Crippen LogP contribution in [0.5, 0.6) is 0 Å². The molecule has 0 amide bonds. The second kappa shape index (κ2) is 10.9. The molecule has 0 aliphatic heterocycles. The number of nitrogens with zero attached hydrogens (tertiary/aromatic N) is 2. The molecule has 4 aliphatic carbocycles. The van der Waals surface area contributed by atoms with Gasteiger partial charge in [0.05, 0.1) is 24.7 Å². The Morgan fingerprint density at radius 2 is 1.80 bits per heavy atom. The summed E-state index contributed by atoms with van der Waals surface area (Å²) in [5.41, 5.74) is 3.32. The number of hydrogen-bond acceptors (Lipinski definition) is 5. The molecule has 4 aliphatic rings. The molecule has 4 fully saturated rings. The first-order valence-corrected chi connectivity index (χ1v) is 22.0. The number of nitrogens with one attached hydrogen (secondary N) is 1. The van der Waals surface area contributed by atoms with Gasteiger partial charge >= 0.3 is 0 Å². The van der Waals surface area contributed by atoms with Crippen molar-refractivity contribution in [2.45, 2.75) is 115 Å². The van der Waals surface area contributed by atoms with Crippen molar-refractivity contribution in [1.29, 1.82) is 0 Å². The fourth-order valence-electron chi connectivity index (χ4n) is 7.40. The van der Waals surface area contributed by atoms with Crippen molar-refractivity contribution in [2.75, 3.05) is 19.0 Å². The fourth-order valence-corrected chi connectivity index (χ4v) is 9.79. The quantitative estimate of drug-likeness (QED) is 0.164. The van der Waals surface area contributed by atoms with Crippen LogP contribution < -0.4 is 5.32 Å². The van der Waals surface area contributed by atoms with Gasteiger partial charge in [-0.2, -0.15) is 0 Å². The SMILES string of the molecule is CO/C=C\c1cnc2c(ccn2COCC[Si](C)(C)C)c1NC1[C@@H]2CC3C[C@H]1CC(O[Si](C)(C)C(C)(C)C)(C3)C2. The maximum absolute atomic E-state index is 7.28. The number of ether oxygens (including phenoxy) is 2. The van der Waals surface area contributed by atoms with Crippen LogP contribution in [0.1, 0.15) is 58.4 Å². The minimum Gasteiger partial charge on any atom is -0.504 e. The van der Waals surface area contributed by atoms with Crippen molar-refractivity contribution < 1.29 is 13.9 Å². The smallest absolute Gasteiger partial charge is 0.192 e. The van der Waals surface area contributed by atoms with Gasteiger partial charge in [0.2, 0.25) is 0 Å². The van der Waals surface area contributed by atoms with Crippen LogP contribution in [0.15, 0.2) is 24.7 Å². The molecule has 6 rings (SSSR count). The summed E-state index contributed by atoms with van der Waals surface area (Å²) < 4.78 is 20.8. The van der Waals surface area contributed by atoms with E-state index in [9.17, 15) is 0 Å². The van der Waals surface area contributed by atoms with E-state index in [1.807, 2.05) is 12.3 Å². The molecule has 6 nitrogen and oxygen atoms in total. The fraction of sp³-hybridized carbons (Fsp3) is 0.719. The van der Waals surface area contributed by atoms with Crippen LogP contribution >= 0.6 is 0 Å². The lowest BCUT2D eigenvalue weighted by atomic mass is 9.52. The Labute approximate surface area is 244 Å². The van der Waals surface area contributed by atoms with Gasteiger partial charge in [0.1, 0.15) is 12.4 Å². The second-order valence-electron chi connectivity index (χ2n) is 15.7. The van der Waals surface area contributed by atoms with Gasteiger partial charge in [-0.1, -0.05) is 40.4 Å². The van der Waals surface area contributed by atoms with E-state index in [0.717, 1.165) is 29.1 Å². The highest BCUT2D eigenvalue weighted by Crippen LogP contribution is 2.59. The summed E-state index contributed by atoms with van der Waals surface area (Å²) in [4.78, 5) is 4.87. The first-order chi connectivity index (χ1) is 18.7. The highest BCUT2D eigenvalue weighted by Gasteiger charge is 2.58. The third-order valence-electron chi connectivity index (χ3n) is 10.2. The van der Waals surface area contributed by atoms with Gasteiger partial charge in [0.15, 0.2) is 8.32 Å². The molecule has 0 aromatic carbocycles. The number of pyridine rings is 1. The molecule has 0 radical (unpaired) electrons. The van der Waals surface area contributed by atoms with Gasteiger partial charge in [-0.15, -0.1) is 0 Å². The molecule has 222 valence electrons. The average molecular weight is 584 g/mol. The molecule has 5 atom stereocenters. The van der Waals surface area contributed by atoms with Crippen LogP contribution in [0.2, 0.25) is 43.8 Å². The third-order valence-corrected chi connectivity index (χ3v) is 16.5. The molecule has 2 heterocycles. The Morgan fingerprint density at radius 1 is 1.10 bits per heavy atom. The molecule has 2 aromatic heterocycles. The summed E-state index contributed by atoms with van der Waals surface area (Å²) in [6, 6.07) is 3.84. The van der Waals surface area contributed by atoms with Crippen molar-refractivity contribution in [3.63, 3.8) is 0 Å². The van der Waals surface area contributed by atoms with E-state index in [4.69, 9.17) is 18.9 Å². The lowest BCUT2D eigenvalue weighted by molar-refractivity contribution is -0.120. The number of fused-ring (bicyclic) bond motifs is 1. The molecule has 2 aromatic rings. The van der Waals surface area contributed by atoms with Crippen LogP contribution in [0, 0.1) is 17.8 Å². The van der Waals surface area contributed by atoms with E-state index in [-0.39, 0.29) is 10.6 Å². The highest BCUT2D eigenvalue weighted by molar-refractivity contribution is 6.76. The van der Waals surface area contributed by atoms with Gasteiger partial charge in [-0.25, -0.2) is 4.98 Å². The van der Waals surface area contributed by atoms with Crippen LogP contribution in [0.25, 0.3) is 17.1 Å². The maximum atomic E-state index is 7.28. The van der Waals surface area contributed by atoms with Crippen LogP contribution in [0.3, 0.4) is 0 Å². The molecule has 0 saturated heterocycles. The summed E-state index contributed by atoms with van der Waals surface area (Å²) in [6.07, 6.45) is 14.2. The van der Waals surface area contributed by atoms with Crippen molar-refractivity contribution in [2.24, 2.45) is 17.8 Å². The van der Waals surface area contributed by atoms with E-state index in [0.29, 0.717) is 24.6 Å². The van der Waals surface area contributed by atoms with Crippen LogP contribution in [-0.2, 0) is 20.6 Å². The Morgan fingerprint density at radius 3 is 2.42 bits per heavy atom. The maximum Gasteiger partial charge on any atom is 0.192 e. The first-order valence-electron chi connectivity index (χ1n) is 15.4. The minimum atomic E-state index is -1.83. The van der Waals surface area contributed by atoms with Crippen LogP contribution in [-0.4, -0.2) is 51.3 Å². The van der Waals surface area contributed by atoms with Gasteiger partial charge in [-0.3, -0.25) is 0 Å². The minimum absolute atomic E-state index is 0.0839. The lowest BCUT2D eigenvalue weighted by Crippen LogP contribution is -2.63. The van der Waals surface area contributed by atoms with Crippen molar-refractivity contribution in [3.8, 4) is 0 Å². The van der Waals surface area contributed by atoms with Crippen molar-refractivity contribution in [3.05, 3.63) is 30.3 Å².